The molecule has 2 unspecified atom stereocenters. The van der Waals surface area contributed by atoms with Crippen LogP contribution in [0, 0.1) is 0 Å². The number of ether oxygens (including phenoxy) is 1. The second kappa shape index (κ2) is 8.40. The van der Waals surface area contributed by atoms with Crippen LogP contribution in [0.2, 0.25) is 0 Å². The van der Waals surface area contributed by atoms with Crippen LogP contribution < -0.4 is 21.3 Å². The Kier molecular flexibility index (Phi) is 5.31. The maximum atomic E-state index is 9.37. The second-order valence-corrected chi connectivity index (χ2v) is 7.77. The van der Waals surface area contributed by atoms with Gasteiger partial charge in [-0.25, -0.2) is 4.98 Å². The Bertz CT molecular complexity index is 980. The summed E-state index contributed by atoms with van der Waals surface area (Å²) >= 11 is 0. The van der Waals surface area contributed by atoms with Crippen LogP contribution in [0.3, 0.4) is 0 Å². The minimum Gasteiger partial charge on any atom is -0.394 e. The van der Waals surface area contributed by atoms with Crippen molar-refractivity contribution in [1.82, 2.24) is 20.2 Å². The first-order valence-corrected chi connectivity index (χ1v) is 10.4. The van der Waals surface area contributed by atoms with E-state index < -0.39 is 0 Å². The lowest BCUT2D eigenvalue weighted by Gasteiger charge is -2.35. The van der Waals surface area contributed by atoms with Crippen molar-refractivity contribution in [2.45, 2.75) is 18.3 Å². The van der Waals surface area contributed by atoms with E-state index in [0.717, 1.165) is 29.4 Å². The number of hydrogen-bond acceptors (Lipinski definition) is 10. The lowest BCUT2D eigenvalue weighted by molar-refractivity contribution is 0.00357. The number of benzene rings is 1. The molecule has 3 atom stereocenters. The van der Waals surface area contributed by atoms with E-state index >= 15 is 0 Å². The van der Waals surface area contributed by atoms with Crippen LogP contribution in [-0.2, 0) is 4.74 Å². The minimum absolute atomic E-state index is 0.0352. The normalized spacial score (nSPS) is 25.1. The molecule has 0 bridgehead atoms. The van der Waals surface area contributed by atoms with Crippen LogP contribution in [0.4, 0.5) is 17.2 Å². The van der Waals surface area contributed by atoms with Crippen LogP contribution in [0.25, 0.3) is 0 Å². The topological polar surface area (TPSA) is 124 Å². The molecule has 1 saturated heterocycles. The average Bonchev–Trinajstić information content (AvgIpc) is 3.29. The third kappa shape index (κ3) is 4.12. The molecule has 0 saturated carbocycles. The third-order valence-corrected chi connectivity index (χ3v) is 5.65. The highest BCUT2D eigenvalue weighted by Crippen LogP contribution is 2.27. The third-order valence-electron chi connectivity index (χ3n) is 5.65. The molecule has 3 aliphatic rings. The number of rotatable bonds is 4. The Morgan fingerprint density at radius 2 is 2.10 bits per heavy atom. The standard InChI is InChI=1S/C21H26N8O2/c22-19-10-23-9-17(26-19)18-12-29-6-5-24-21(29)20(27-18)25-14-1-3-15(4-2-14)28-7-8-31-16(11-28)13-30/h1-6,9-10,16,18,21,24,30H,7-8,11-13H2,(H2,22,26)(H,25,27)/t16-,18?,21?/m1/s1. The number of nitrogens with two attached hydrogens (primary N) is 1. The van der Waals surface area contributed by atoms with Crippen molar-refractivity contribution >= 4 is 23.0 Å². The van der Waals surface area contributed by atoms with Crippen molar-refractivity contribution < 1.29 is 9.84 Å². The van der Waals surface area contributed by atoms with Gasteiger partial charge in [-0.15, -0.1) is 0 Å². The highest BCUT2D eigenvalue weighted by atomic mass is 16.5. The number of anilines is 3. The molecule has 0 amide bonds. The number of morpholine rings is 1. The zero-order valence-corrected chi connectivity index (χ0v) is 17.1. The highest BCUT2D eigenvalue weighted by Gasteiger charge is 2.33. The van der Waals surface area contributed by atoms with Crippen LogP contribution in [-0.4, -0.2) is 70.9 Å². The molecule has 1 aromatic heterocycles. The van der Waals surface area contributed by atoms with Crippen molar-refractivity contribution in [2.75, 3.05) is 48.8 Å². The van der Waals surface area contributed by atoms with Crippen molar-refractivity contribution in [3.05, 3.63) is 54.8 Å². The van der Waals surface area contributed by atoms with E-state index in [9.17, 15) is 5.11 Å². The van der Waals surface area contributed by atoms with Gasteiger partial charge in [0, 0.05) is 43.4 Å². The first kappa shape index (κ1) is 19.6. The number of nitrogen functional groups attached to an aromatic ring is 1. The monoisotopic (exact) mass is 422 g/mol. The summed E-state index contributed by atoms with van der Waals surface area (Å²) in [5.41, 5.74) is 8.62. The van der Waals surface area contributed by atoms with Gasteiger partial charge in [-0.05, 0) is 24.3 Å². The van der Waals surface area contributed by atoms with Gasteiger partial charge < -0.3 is 36.0 Å². The van der Waals surface area contributed by atoms with Gasteiger partial charge in [-0.1, -0.05) is 0 Å². The molecule has 31 heavy (non-hydrogen) atoms. The van der Waals surface area contributed by atoms with Crippen molar-refractivity contribution in [3.8, 4) is 0 Å². The first-order valence-electron chi connectivity index (χ1n) is 10.4. The van der Waals surface area contributed by atoms with Crippen molar-refractivity contribution in [3.63, 3.8) is 0 Å². The Balaban J connectivity index is 1.34. The molecule has 5 rings (SSSR count). The number of aromatic nitrogens is 2. The minimum atomic E-state index is -0.165. The van der Waals surface area contributed by atoms with Gasteiger partial charge in [0.05, 0.1) is 37.4 Å². The second-order valence-electron chi connectivity index (χ2n) is 7.77. The fourth-order valence-electron chi connectivity index (χ4n) is 4.08. The summed E-state index contributed by atoms with van der Waals surface area (Å²) in [6, 6.07) is 8.06. The van der Waals surface area contributed by atoms with E-state index in [-0.39, 0.29) is 24.9 Å². The predicted octanol–water partition coefficient (Wildman–Crippen LogP) is 0.524. The van der Waals surface area contributed by atoms with E-state index in [1.165, 1.54) is 6.20 Å². The largest absolute Gasteiger partial charge is 0.394 e. The average molecular weight is 422 g/mol. The van der Waals surface area contributed by atoms with Crippen LogP contribution in [0.15, 0.2) is 54.1 Å². The smallest absolute Gasteiger partial charge is 0.158 e. The van der Waals surface area contributed by atoms with Gasteiger partial charge >= 0.3 is 0 Å². The molecule has 162 valence electrons. The highest BCUT2D eigenvalue weighted by molar-refractivity contribution is 6.00. The number of aliphatic imine (C=N–C) groups is 1. The van der Waals surface area contributed by atoms with Gasteiger partial charge in [-0.3, -0.25) is 9.98 Å². The molecule has 0 radical (unpaired) electrons. The molecule has 1 aromatic carbocycles. The maximum Gasteiger partial charge on any atom is 0.158 e. The molecule has 5 N–H and O–H groups in total. The van der Waals surface area contributed by atoms with E-state index in [2.05, 4.69) is 42.5 Å². The molecule has 3 aliphatic heterocycles. The summed E-state index contributed by atoms with van der Waals surface area (Å²) in [6.45, 7) is 2.84. The molecular formula is C21H26N8O2. The molecule has 4 heterocycles. The van der Waals surface area contributed by atoms with Crippen molar-refractivity contribution in [1.29, 1.82) is 0 Å². The summed E-state index contributed by atoms with van der Waals surface area (Å²) in [5.74, 6) is 1.20. The SMILES string of the molecule is Nc1cncc(C2CN3C=CNC3C(Nc3ccc(N4CCO[C@@H](CO)C4)cc3)=N2)n1. The first-order chi connectivity index (χ1) is 15.2. The zero-order chi connectivity index (χ0) is 21.2. The van der Waals surface area contributed by atoms with Crippen molar-refractivity contribution in [2.24, 2.45) is 4.99 Å². The molecule has 10 heteroatoms. The Hall–Kier alpha value is -3.37. The molecular weight excluding hydrogens is 396 g/mol. The number of hydrogen-bond donors (Lipinski definition) is 4. The van der Waals surface area contributed by atoms with Crippen LogP contribution >= 0.6 is 0 Å². The molecule has 10 nitrogen and oxygen atoms in total. The van der Waals surface area contributed by atoms with Crippen LogP contribution in [0.5, 0.6) is 0 Å². The summed E-state index contributed by atoms with van der Waals surface area (Å²) in [7, 11) is 0. The van der Waals surface area contributed by atoms with E-state index in [1.807, 2.05) is 24.5 Å². The quantitative estimate of drug-likeness (QED) is 0.558. The number of aliphatic hydroxyl groups excluding tert-OH is 1. The molecule has 2 aromatic rings. The molecule has 0 spiro atoms. The van der Waals surface area contributed by atoms with Gasteiger partial charge in [0.15, 0.2) is 6.17 Å². The van der Waals surface area contributed by atoms with E-state index in [1.54, 1.807) is 6.20 Å². The predicted molar refractivity (Wildman–Crippen MR) is 118 cm³/mol. The fraction of sp³-hybridized carbons (Fsp3) is 0.381. The number of amidine groups is 1. The maximum absolute atomic E-state index is 9.37. The number of nitrogens with one attached hydrogen (secondary N) is 2. The van der Waals surface area contributed by atoms with Gasteiger partial charge in [0.25, 0.3) is 0 Å². The Labute approximate surface area is 180 Å². The summed E-state index contributed by atoms with van der Waals surface area (Å²) in [5, 5.41) is 16.2. The number of fused-ring (bicyclic) bond motifs is 1. The Morgan fingerprint density at radius 3 is 2.90 bits per heavy atom. The van der Waals surface area contributed by atoms with Gasteiger partial charge in [0.1, 0.15) is 17.7 Å². The van der Waals surface area contributed by atoms with Crippen LogP contribution in [0.1, 0.15) is 11.7 Å². The lowest BCUT2D eigenvalue weighted by Crippen LogP contribution is -2.50. The summed E-state index contributed by atoms with van der Waals surface area (Å²) < 4.78 is 5.54. The van der Waals surface area contributed by atoms with E-state index in [0.29, 0.717) is 25.5 Å². The summed E-state index contributed by atoms with van der Waals surface area (Å²) in [4.78, 5) is 17.9. The number of aliphatic hydroxyl groups is 1. The van der Waals surface area contributed by atoms with Gasteiger partial charge in [-0.2, -0.15) is 0 Å². The van der Waals surface area contributed by atoms with E-state index in [4.69, 9.17) is 15.5 Å². The zero-order valence-electron chi connectivity index (χ0n) is 17.1. The van der Waals surface area contributed by atoms with Gasteiger partial charge in [0.2, 0.25) is 0 Å². The molecule has 0 aliphatic carbocycles. The summed E-state index contributed by atoms with van der Waals surface area (Å²) in [6.07, 6.45) is 7.01. The fourth-order valence-corrected chi connectivity index (χ4v) is 4.08. The lowest BCUT2D eigenvalue weighted by atomic mass is 10.1. The molecule has 1 fully saturated rings. The Morgan fingerprint density at radius 1 is 1.23 bits per heavy atom. The number of nitrogens with zero attached hydrogens (tertiary/aromatic N) is 5.